The maximum Gasteiger partial charge on any atom is 0.143 e. The molecule has 0 N–H and O–H groups in total. The molecule has 4 heteroatoms. The van der Waals surface area contributed by atoms with Crippen LogP contribution in [0.25, 0.3) is 0 Å². The second-order valence-corrected chi connectivity index (χ2v) is 6.28. The van der Waals surface area contributed by atoms with Crippen LogP contribution in [0.3, 0.4) is 0 Å². The summed E-state index contributed by atoms with van der Waals surface area (Å²) in [5, 5.41) is 1.11. The Morgan fingerprint density at radius 3 is 3.12 bits per heavy atom. The Kier molecular flexibility index (Phi) is 4.86. The van der Waals surface area contributed by atoms with Crippen molar-refractivity contribution >= 4 is 37.7 Å². The van der Waals surface area contributed by atoms with E-state index in [1.165, 1.54) is 24.8 Å². The van der Waals surface area contributed by atoms with Crippen molar-refractivity contribution in [2.45, 2.75) is 26.2 Å². The van der Waals surface area contributed by atoms with Crippen LogP contribution in [-0.2, 0) is 0 Å². The largest absolute Gasteiger partial charge is 0.355 e. The molecule has 2 heterocycles. The summed E-state index contributed by atoms with van der Waals surface area (Å²) in [6.45, 7) is 4.39. The molecule has 94 valence electrons. The number of hydrogen-bond donors (Lipinski definition) is 0. The van der Waals surface area contributed by atoms with Gasteiger partial charge >= 0.3 is 0 Å². The van der Waals surface area contributed by atoms with Crippen molar-refractivity contribution in [2.24, 2.45) is 5.92 Å². The van der Waals surface area contributed by atoms with Gasteiger partial charge in [-0.3, -0.25) is 0 Å². The van der Waals surface area contributed by atoms with Crippen LogP contribution in [0.2, 0.25) is 0 Å². The Balaban J connectivity index is 2.13. The molecule has 0 bridgehead atoms. The molecule has 17 heavy (non-hydrogen) atoms. The quantitative estimate of drug-likeness (QED) is 0.751. The minimum absolute atomic E-state index is 0.803. The average Bonchev–Trinajstić information content (AvgIpc) is 2.33. The van der Waals surface area contributed by atoms with Gasteiger partial charge in [0.1, 0.15) is 5.82 Å². The van der Waals surface area contributed by atoms with Crippen molar-refractivity contribution in [3.8, 4) is 0 Å². The topological polar surface area (TPSA) is 16.1 Å². The Labute approximate surface area is 120 Å². The summed E-state index contributed by atoms with van der Waals surface area (Å²) in [5.74, 6) is 1.92. The maximum absolute atomic E-state index is 4.52. The smallest absolute Gasteiger partial charge is 0.143 e. The third kappa shape index (κ3) is 3.22. The lowest BCUT2D eigenvalue weighted by atomic mass is 9.95. The maximum atomic E-state index is 4.52. The predicted octanol–water partition coefficient (Wildman–Crippen LogP) is 4.15. The minimum atomic E-state index is 0.803. The van der Waals surface area contributed by atoms with Gasteiger partial charge in [0.05, 0.1) is 4.47 Å². The summed E-state index contributed by atoms with van der Waals surface area (Å²) in [5.41, 5.74) is 1.26. The summed E-state index contributed by atoms with van der Waals surface area (Å²) in [6.07, 6.45) is 5.80. The molecule has 0 amide bonds. The number of piperidine rings is 1. The lowest BCUT2D eigenvalue weighted by molar-refractivity contribution is 0.406. The van der Waals surface area contributed by atoms with Crippen molar-refractivity contribution in [1.82, 2.24) is 4.98 Å². The van der Waals surface area contributed by atoms with E-state index >= 15 is 0 Å². The second-order valence-electron chi connectivity index (χ2n) is 4.70. The molecule has 1 aliphatic heterocycles. The van der Waals surface area contributed by atoms with Gasteiger partial charge in [-0.25, -0.2) is 4.98 Å². The molecule has 0 aromatic carbocycles. The van der Waals surface area contributed by atoms with E-state index in [-0.39, 0.29) is 0 Å². The van der Waals surface area contributed by atoms with Crippen molar-refractivity contribution < 1.29 is 0 Å². The van der Waals surface area contributed by atoms with Crippen LogP contribution >= 0.6 is 31.9 Å². The number of alkyl halides is 1. The Bertz CT molecular complexity index is 380. The van der Waals surface area contributed by atoms with Gasteiger partial charge in [0.2, 0.25) is 0 Å². The van der Waals surface area contributed by atoms with Crippen LogP contribution < -0.4 is 4.90 Å². The van der Waals surface area contributed by atoms with Gasteiger partial charge in [0.15, 0.2) is 0 Å². The SMILES string of the molecule is Cc1ccnc(N2CCCC(CCBr)C2)c1Br. The molecule has 0 saturated carbocycles. The van der Waals surface area contributed by atoms with Crippen molar-refractivity contribution in [1.29, 1.82) is 0 Å². The van der Waals surface area contributed by atoms with Gasteiger partial charge in [-0.15, -0.1) is 0 Å². The van der Waals surface area contributed by atoms with E-state index < -0.39 is 0 Å². The van der Waals surface area contributed by atoms with Crippen LogP contribution in [0.15, 0.2) is 16.7 Å². The molecule has 1 aliphatic rings. The number of halogens is 2. The first-order valence-corrected chi connectivity index (χ1v) is 8.06. The number of pyridine rings is 1. The molecule has 1 unspecified atom stereocenters. The number of rotatable bonds is 3. The van der Waals surface area contributed by atoms with E-state index in [2.05, 4.69) is 48.7 Å². The van der Waals surface area contributed by atoms with Gasteiger partial charge < -0.3 is 4.90 Å². The highest BCUT2D eigenvalue weighted by Crippen LogP contribution is 2.31. The highest BCUT2D eigenvalue weighted by Gasteiger charge is 2.22. The molecule has 1 atom stereocenters. The lowest BCUT2D eigenvalue weighted by Gasteiger charge is -2.34. The average molecular weight is 362 g/mol. The first kappa shape index (κ1) is 13.3. The minimum Gasteiger partial charge on any atom is -0.355 e. The fourth-order valence-electron chi connectivity index (χ4n) is 2.39. The van der Waals surface area contributed by atoms with E-state index in [0.29, 0.717) is 0 Å². The summed E-state index contributed by atoms with van der Waals surface area (Å²) in [7, 11) is 0. The zero-order valence-electron chi connectivity index (χ0n) is 10.1. The van der Waals surface area contributed by atoms with Crippen molar-refractivity contribution in [3.63, 3.8) is 0 Å². The second kappa shape index (κ2) is 6.19. The zero-order valence-corrected chi connectivity index (χ0v) is 13.3. The number of hydrogen-bond acceptors (Lipinski definition) is 2. The summed E-state index contributed by atoms with van der Waals surface area (Å²) >= 11 is 7.20. The fraction of sp³-hybridized carbons (Fsp3) is 0.615. The molecule has 2 nitrogen and oxygen atoms in total. The number of nitrogens with zero attached hydrogens (tertiary/aromatic N) is 2. The summed E-state index contributed by atoms with van der Waals surface area (Å²) in [6, 6.07) is 2.05. The van der Waals surface area contributed by atoms with Crippen LogP contribution in [0.5, 0.6) is 0 Å². The van der Waals surface area contributed by atoms with E-state index in [0.717, 1.165) is 34.6 Å². The van der Waals surface area contributed by atoms with Gasteiger partial charge in [-0.1, -0.05) is 15.9 Å². The van der Waals surface area contributed by atoms with E-state index in [4.69, 9.17) is 0 Å². The summed E-state index contributed by atoms with van der Waals surface area (Å²) < 4.78 is 1.15. The third-order valence-corrected chi connectivity index (χ3v) is 4.84. The Morgan fingerprint density at radius 2 is 2.35 bits per heavy atom. The van der Waals surface area contributed by atoms with Crippen LogP contribution in [0, 0.1) is 12.8 Å². The Morgan fingerprint density at radius 1 is 1.53 bits per heavy atom. The van der Waals surface area contributed by atoms with Crippen molar-refractivity contribution in [3.05, 3.63) is 22.3 Å². The van der Waals surface area contributed by atoms with E-state index in [9.17, 15) is 0 Å². The standard InChI is InChI=1S/C13H18Br2N2/c1-10-5-7-16-13(12(10)15)17-8-2-3-11(9-17)4-6-14/h5,7,11H,2-4,6,8-9H2,1H3. The van der Waals surface area contributed by atoms with Crippen molar-refractivity contribution in [2.75, 3.05) is 23.3 Å². The van der Waals surface area contributed by atoms with Gasteiger partial charge in [-0.05, 0) is 59.7 Å². The van der Waals surface area contributed by atoms with Crippen LogP contribution in [-0.4, -0.2) is 23.4 Å². The highest BCUT2D eigenvalue weighted by atomic mass is 79.9. The number of anilines is 1. The lowest BCUT2D eigenvalue weighted by Crippen LogP contribution is -2.36. The highest BCUT2D eigenvalue weighted by molar-refractivity contribution is 9.10. The zero-order chi connectivity index (χ0) is 12.3. The molecule has 0 spiro atoms. The molecule has 1 aromatic rings. The molecular weight excluding hydrogens is 344 g/mol. The molecule has 0 aliphatic carbocycles. The van der Waals surface area contributed by atoms with E-state index in [1.54, 1.807) is 0 Å². The predicted molar refractivity (Wildman–Crippen MR) is 80.0 cm³/mol. The van der Waals surface area contributed by atoms with Gasteiger partial charge in [-0.2, -0.15) is 0 Å². The van der Waals surface area contributed by atoms with Gasteiger partial charge in [0, 0.05) is 24.6 Å². The molecule has 1 fully saturated rings. The first-order valence-electron chi connectivity index (χ1n) is 6.14. The molecular formula is C13H18Br2N2. The molecule has 2 rings (SSSR count). The van der Waals surface area contributed by atoms with Gasteiger partial charge in [0.25, 0.3) is 0 Å². The fourth-order valence-corrected chi connectivity index (χ4v) is 3.53. The molecule has 0 radical (unpaired) electrons. The van der Waals surface area contributed by atoms with E-state index in [1.807, 2.05) is 12.3 Å². The first-order chi connectivity index (χ1) is 8.22. The molecule has 1 saturated heterocycles. The van der Waals surface area contributed by atoms with Crippen LogP contribution in [0.4, 0.5) is 5.82 Å². The van der Waals surface area contributed by atoms with Crippen LogP contribution in [0.1, 0.15) is 24.8 Å². The number of aryl methyl sites for hydroxylation is 1. The monoisotopic (exact) mass is 360 g/mol. The summed E-state index contributed by atoms with van der Waals surface area (Å²) in [4.78, 5) is 6.95. The third-order valence-electron chi connectivity index (χ3n) is 3.40. The Hall–Kier alpha value is -0.0900. The normalized spacial score (nSPS) is 20.6. The molecule has 1 aromatic heterocycles. The number of aromatic nitrogens is 1.